The summed E-state index contributed by atoms with van der Waals surface area (Å²) < 4.78 is 5.12. The Balaban J connectivity index is 2.36. The maximum atomic E-state index is 5.59. The highest BCUT2D eigenvalue weighted by Gasteiger charge is 2.26. The third-order valence-corrected chi connectivity index (χ3v) is 3.02. The molecule has 2 unspecified atom stereocenters. The normalized spacial score (nSPS) is 26.2. The molecule has 0 aliphatic carbocycles. The van der Waals surface area contributed by atoms with Crippen molar-refractivity contribution in [2.24, 2.45) is 11.7 Å². The van der Waals surface area contributed by atoms with E-state index in [1.807, 2.05) is 0 Å². The highest BCUT2D eigenvalue weighted by Crippen LogP contribution is 2.18. The third kappa shape index (κ3) is 2.90. The van der Waals surface area contributed by atoms with E-state index in [0.717, 1.165) is 19.7 Å². The van der Waals surface area contributed by atoms with Crippen molar-refractivity contribution in [3.63, 3.8) is 0 Å². The van der Waals surface area contributed by atoms with E-state index in [1.54, 1.807) is 7.11 Å². The first kappa shape index (κ1) is 10.9. The average molecular weight is 202 g/mol. The number of rotatable bonds is 4. The lowest BCUT2D eigenvalue weighted by Gasteiger charge is -2.22. The van der Waals surface area contributed by atoms with Gasteiger partial charge in [-0.25, -0.2) is 0 Å². The van der Waals surface area contributed by atoms with Crippen molar-refractivity contribution < 1.29 is 4.74 Å². The summed E-state index contributed by atoms with van der Waals surface area (Å²) in [5.41, 5.74) is 5.59. The third-order valence-electron chi connectivity index (χ3n) is 2.68. The summed E-state index contributed by atoms with van der Waals surface area (Å²) in [7, 11) is 1.75. The van der Waals surface area contributed by atoms with Gasteiger partial charge in [0.05, 0.1) is 17.6 Å². The first-order valence-electron chi connectivity index (χ1n) is 4.67. The first-order chi connectivity index (χ1) is 6.15. The summed E-state index contributed by atoms with van der Waals surface area (Å²) in [6.07, 6.45) is 1.20. The van der Waals surface area contributed by atoms with Gasteiger partial charge in [-0.15, -0.1) is 0 Å². The molecule has 0 aromatic rings. The number of nitrogens with zero attached hydrogens (tertiary/aromatic N) is 1. The SMILES string of the molecule is COCC1CCN(C(C)C(N)=S)C1. The van der Waals surface area contributed by atoms with Gasteiger partial charge in [-0.05, 0) is 25.8 Å². The summed E-state index contributed by atoms with van der Waals surface area (Å²) in [4.78, 5) is 2.92. The van der Waals surface area contributed by atoms with Crippen LogP contribution < -0.4 is 5.73 Å². The van der Waals surface area contributed by atoms with Crippen LogP contribution in [0.5, 0.6) is 0 Å². The molecule has 4 heteroatoms. The van der Waals surface area contributed by atoms with E-state index < -0.39 is 0 Å². The van der Waals surface area contributed by atoms with Gasteiger partial charge in [-0.1, -0.05) is 12.2 Å². The van der Waals surface area contributed by atoms with Crippen LogP contribution in [0.1, 0.15) is 13.3 Å². The molecule has 0 radical (unpaired) electrons. The Morgan fingerprint density at radius 2 is 2.46 bits per heavy atom. The van der Waals surface area contributed by atoms with Crippen LogP contribution in [0.3, 0.4) is 0 Å². The van der Waals surface area contributed by atoms with Crippen LogP contribution in [0.2, 0.25) is 0 Å². The zero-order chi connectivity index (χ0) is 9.84. The van der Waals surface area contributed by atoms with E-state index in [4.69, 9.17) is 22.7 Å². The Morgan fingerprint density at radius 1 is 1.77 bits per heavy atom. The van der Waals surface area contributed by atoms with Gasteiger partial charge in [0.2, 0.25) is 0 Å². The standard InChI is InChI=1S/C9H18N2OS/c1-7(9(10)13)11-4-3-8(5-11)6-12-2/h7-8H,3-6H2,1-2H3,(H2,10,13). The minimum Gasteiger partial charge on any atom is -0.392 e. The largest absolute Gasteiger partial charge is 0.392 e. The topological polar surface area (TPSA) is 38.5 Å². The fourth-order valence-corrected chi connectivity index (χ4v) is 1.92. The predicted octanol–water partition coefficient (Wildman–Crippen LogP) is 0.629. The number of likely N-dealkylation sites (tertiary alicyclic amines) is 1. The second-order valence-corrected chi connectivity index (χ2v) is 4.15. The molecular weight excluding hydrogens is 184 g/mol. The summed E-state index contributed by atoms with van der Waals surface area (Å²) in [5, 5.41) is 0. The van der Waals surface area contributed by atoms with E-state index >= 15 is 0 Å². The van der Waals surface area contributed by atoms with Gasteiger partial charge in [0.1, 0.15) is 0 Å². The van der Waals surface area contributed by atoms with Crippen molar-refractivity contribution in [1.82, 2.24) is 4.90 Å². The van der Waals surface area contributed by atoms with Gasteiger partial charge in [-0.2, -0.15) is 0 Å². The summed E-state index contributed by atoms with van der Waals surface area (Å²) >= 11 is 4.96. The molecule has 76 valence electrons. The lowest BCUT2D eigenvalue weighted by atomic mass is 10.1. The molecule has 1 saturated heterocycles. The zero-order valence-electron chi connectivity index (χ0n) is 8.32. The van der Waals surface area contributed by atoms with Gasteiger partial charge in [-0.3, -0.25) is 4.90 Å². The van der Waals surface area contributed by atoms with Gasteiger partial charge >= 0.3 is 0 Å². The van der Waals surface area contributed by atoms with E-state index in [9.17, 15) is 0 Å². The molecule has 13 heavy (non-hydrogen) atoms. The summed E-state index contributed by atoms with van der Waals surface area (Å²) in [5.74, 6) is 0.654. The van der Waals surface area contributed by atoms with Crippen molar-refractivity contribution in [2.45, 2.75) is 19.4 Å². The fraction of sp³-hybridized carbons (Fsp3) is 0.889. The van der Waals surface area contributed by atoms with E-state index in [0.29, 0.717) is 10.9 Å². The number of thiocarbonyl (C=S) groups is 1. The van der Waals surface area contributed by atoms with Gasteiger partial charge in [0.25, 0.3) is 0 Å². The van der Waals surface area contributed by atoms with Crippen LogP contribution in [0.25, 0.3) is 0 Å². The lowest BCUT2D eigenvalue weighted by Crippen LogP contribution is -2.40. The van der Waals surface area contributed by atoms with Crippen LogP contribution in [0.4, 0.5) is 0 Å². The van der Waals surface area contributed by atoms with E-state index in [-0.39, 0.29) is 6.04 Å². The molecule has 0 aromatic carbocycles. The molecule has 0 bridgehead atoms. The highest BCUT2D eigenvalue weighted by atomic mass is 32.1. The molecule has 0 spiro atoms. The lowest BCUT2D eigenvalue weighted by molar-refractivity contribution is 0.152. The molecule has 0 saturated carbocycles. The molecule has 0 amide bonds. The molecular formula is C9H18N2OS. The van der Waals surface area contributed by atoms with Gasteiger partial charge < -0.3 is 10.5 Å². The molecule has 1 aliphatic rings. The molecule has 1 heterocycles. The monoisotopic (exact) mass is 202 g/mol. The number of hydrogen-bond acceptors (Lipinski definition) is 3. The molecule has 1 fully saturated rings. The quantitative estimate of drug-likeness (QED) is 0.679. The molecule has 1 rings (SSSR count). The second-order valence-electron chi connectivity index (χ2n) is 3.68. The van der Waals surface area contributed by atoms with Gasteiger partial charge in [0, 0.05) is 13.7 Å². The zero-order valence-corrected chi connectivity index (χ0v) is 9.14. The molecule has 0 aromatic heterocycles. The smallest absolute Gasteiger partial charge is 0.0899 e. The Kier molecular flexibility index (Phi) is 4.09. The van der Waals surface area contributed by atoms with Crippen molar-refractivity contribution in [3.8, 4) is 0 Å². The Labute approximate surface area is 85.2 Å². The van der Waals surface area contributed by atoms with Crippen LogP contribution >= 0.6 is 12.2 Å². The molecule has 1 aliphatic heterocycles. The highest BCUT2D eigenvalue weighted by molar-refractivity contribution is 7.80. The maximum Gasteiger partial charge on any atom is 0.0899 e. The minimum absolute atomic E-state index is 0.233. The Bertz CT molecular complexity index is 186. The predicted molar refractivity (Wildman–Crippen MR) is 57.8 cm³/mol. The molecule has 3 nitrogen and oxygen atoms in total. The number of nitrogens with two attached hydrogens (primary N) is 1. The van der Waals surface area contributed by atoms with Crippen LogP contribution in [-0.4, -0.2) is 42.7 Å². The van der Waals surface area contributed by atoms with Crippen molar-refractivity contribution in [1.29, 1.82) is 0 Å². The van der Waals surface area contributed by atoms with Crippen LogP contribution in [-0.2, 0) is 4.74 Å². The van der Waals surface area contributed by atoms with E-state index in [1.165, 1.54) is 6.42 Å². The summed E-state index contributed by atoms with van der Waals surface area (Å²) in [6, 6.07) is 0.233. The maximum absolute atomic E-state index is 5.59. The number of ether oxygens (including phenoxy) is 1. The van der Waals surface area contributed by atoms with Crippen molar-refractivity contribution in [3.05, 3.63) is 0 Å². The second kappa shape index (κ2) is 4.88. The van der Waals surface area contributed by atoms with Crippen LogP contribution in [0, 0.1) is 5.92 Å². The number of hydrogen-bond donors (Lipinski definition) is 1. The van der Waals surface area contributed by atoms with E-state index in [2.05, 4.69) is 11.8 Å². The Morgan fingerprint density at radius 3 is 3.00 bits per heavy atom. The Hall–Kier alpha value is -0.190. The minimum atomic E-state index is 0.233. The van der Waals surface area contributed by atoms with Crippen molar-refractivity contribution >= 4 is 17.2 Å². The number of methoxy groups -OCH3 is 1. The van der Waals surface area contributed by atoms with Crippen LogP contribution in [0.15, 0.2) is 0 Å². The van der Waals surface area contributed by atoms with Gasteiger partial charge in [0.15, 0.2) is 0 Å². The molecule has 2 atom stereocenters. The first-order valence-corrected chi connectivity index (χ1v) is 5.08. The molecule has 2 N–H and O–H groups in total. The summed E-state index contributed by atoms with van der Waals surface area (Å²) in [6.45, 7) is 5.07. The van der Waals surface area contributed by atoms with Crippen molar-refractivity contribution in [2.75, 3.05) is 26.8 Å². The average Bonchev–Trinajstić information content (AvgIpc) is 2.52. The fourth-order valence-electron chi connectivity index (χ4n) is 1.77.